The third-order valence-electron chi connectivity index (χ3n) is 8.09. The van der Waals surface area contributed by atoms with Crippen molar-refractivity contribution < 1.29 is 57.9 Å². The third kappa shape index (κ3) is 11.7. The molecule has 0 N–H and O–H groups in total. The summed E-state index contributed by atoms with van der Waals surface area (Å²) in [5, 5.41) is 0. The Morgan fingerprint density at radius 1 is 0.556 bits per heavy atom. The molecule has 2 aromatic carbocycles. The number of Topliss-reactive ketones (excluding diaryl/α,β-unsaturated/α-hetero) is 4. The van der Waals surface area contributed by atoms with Gasteiger partial charge in [-0.2, -0.15) is 0 Å². The van der Waals surface area contributed by atoms with E-state index in [1.54, 1.807) is 48.5 Å². The average Bonchev–Trinajstić information content (AvgIpc) is 3.08. The summed E-state index contributed by atoms with van der Waals surface area (Å²) in [5.74, 6) is -0.487. The predicted molar refractivity (Wildman–Crippen MR) is 179 cm³/mol. The van der Waals surface area contributed by atoms with Gasteiger partial charge in [-0.3, -0.25) is 19.2 Å². The molecule has 0 spiro atoms. The minimum Gasteiger partial charge on any atom is -0.397 e. The first-order valence-electron chi connectivity index (χ1n) is 15.6. The summed E-state index contributed by atoms with van der Waals surface area (Å²) in [5.41, 5.74) is -0.531. The summed E-state index contributed by atoms with van der Waals surface area (Å²) in [6, 6.07) is 19.0. The molecule has 252 valence electrons. The van der Waals surface area contributed by atoms with E-state index in [9.17, 15) is 19.2 Å². The summed E-state index contributed by atoms with van der Waals surface area (Å²) < 4.78 is 22.5. The Morgan fingerprint density at radius 3 is 1.07 bits per heavy atom. The molecule has 0 aliphatic carbocycles. The van der Waals surface area contributed by atoms with Crippen molar-refractivity contribution in [3.05, 3.63) is 71.8 Å². The molecule has 2 aromatic rings. The largest absolute Gasteiger partial charge is 2.00 e. The van der Waals surface area contributed by atoms with Gasteiger partial charge in [-0.1, -0.05) is 101 Å². The van der Waals surface area contributed by atoms with Gasteiger partial charge in [0.05, 0.1) is 0 Å². The second-order valence-electron chi connectivity index (χ2n) is 10.6. The van der Waals surface area contributed by atoms with Crippen molar-refractivity contribution in [1.82, 2.24) is 0 Å². The van der Waals surface area contributed by atoms with Crippen LogP contribution < -0.4 is 0 Å². The molecule has 45 heavy (non-hydrogen) atoms. The van der Waals surface area contributed by atoms with Crippen LogP contribution in [0.1, 0.15) is 86.9 Å². The van der Waals surface area contributed by atoms with Crippen molar-refractivity contribution in [2.24, 2.45) is 0 Å². The van der Waals surface area contributed by atoms with Gasteiger partial charge in [0.1, 0.15) is 22.6 Å². The number of benzene rings is 2. The fourth-order valence-corrected chi connectivity index (χ4v) is 11.0. The third-order valence-corrected chi connectivity index (χ3v) is 15.7. The average molecular weight is 840 g/mol. The summed E-state index contributed by atoms with van der Waals surface area (Å²) >= 11 is 0. The van der Waals surface area contributed by atoms with E-state index < -0.39 is 28.2 Å². The van der Waals surface area contributed by atoms with Crippen molar-refractivity contribution in [3.8, 4) is 0 Å². The van der Waals surface area contributed by atoms with Gasteiger partial charge in [0.25, 0.3) is 0 Å². The van der Waals surface area contributed by atoms with Gasteiger partial charge in [-0.15, -0.1) is 0 Å². The molecule has 0 saturated heterocycles. The van der Waals surface area contributed by atoms with Gasteiger partial charge >= 0.3 is 38.2 Å². The molecule has 0 bridgehead atoms. The second kappa shape index (κ2) is 22.6. The minimum atomic E-state index is -2.90. The molecular formula is C34H52O8PtSi2+2. The van der Waals surface area contributed by atoms with Crippen LogP contribution in [0.5, 0.6) is 0 Å². The van der Waals surface area contributed by atoms with E-state index in [1.807, 2.05) is 39.8 Å². The first-order chi connectivity index (χ1) is 21.1. The Labute approximate surface area is 286 Å². The first kappa shape index (κ1) is 43.1. The number of rotatable bonds is 20. The van der Waals surface area contributed by atoms with Crippen LogP contribution in [0.3, 0.4) is 0 Å². The van der Waals surface area contributed by atoms with E-state index >= 15 is 0 Å². The normalized spacial score (nSPS) is 12.6. The van der Waals surface area contributed by atoms with Crippen molar-refractivity contribution in [3.63, 3.8) is 0 Å². The maximum absolute atomic E-state index is 12.9. The van der Waals surface area contributed by atoms with Crippen LogP contribution in [0, 0.1) is 0 Å². The van der Waals surface area contributed by atoms with E-state index in [0.717, 1.165) is 25.7 Å². The molecule has 0 fully saturated rings. The predicted octanol–water partition coefficient (Wildman–Crippen LogP) is 7.50. The summed E-state index contributed by atoms with van der Waals surface area (Å²) in [6.45, 7) is 7.88. The fourth-order valence-electron chi connectivity index (χ4n) is 5.33. The van der Waals surface area contributed by atoms with E-state index in [0.29, 0.717) is 36.1 Å². The van der Waals surface area contributed by atoms with Crippen molar-refractivity contribution in [1.29, 1.82) is 0 Å². The topological polar surface area (TPSA) is 105 Å². The van der Waals surface area contributed by atoms with Crippen molar-refractivity contribution >= 4 is 40.3 Å². The smallest absolute Gasteiger partial charge is 0.397 e. The van der Waals surface area contributed by atoms with E-state index in [1.165, 1.54) is 28.4 Å². The summed E-state index contributed by atoms with van der Waals surface area (Å²) in [6.07, 6.45) is 4.16. The van der Waals surface area contributed by atoms with Gasteiger partial charge in [0.2, 0.25) is 0 Å². The molecule has 0 radical (unpaired) electrons. The maximum atomic E-state index is 12.9. The maximum Gasteiger partial charge on any atom is 2.00 e. The van der Waals surface area contributed by atoms with Crippen LogP contribution in [-0.4, -0.2) is 68.7 Å². The SMILES string of the molecule is CCCCC(=O)C(C(=O)c1ccccc1)[Si](CC)(OC)OC.CCCCC(=O)C(C(=O)c1ccccc1)[Si](CC)(OC)OC.[Pt+2]. The molecule has 2 atom stereocenters. The van der Waals surface area contributed by atoms with Crippen LogP contribution >= 0.6 is 0 Å². The van der Waals surface area contributed by atoms with Crippen LogP contribution in [0.15, 0.2) is 60.7 Å². The van der Waals surface area contributed by atoms with Crippen molar-refractivity contribution in [2.45, 2.75) is 89.4 Å². The Bertz CT molecular complexity index is 1050. The molecular weight excluding hydrogens is 788 g/mol. The summed E-state index contributed by atoms with van der Waals surface area (Å²) in [4.78, 5) is 51.2. The Balaban J connectivity index is 0.000000842. The number of unbranched alkanes of at least 4 members (excludes halogenated alkanes) is 2. The van der Waals surface area contributed by atoms with Gasteiger partial charge < -0.3 is 17.7 Å². The molecule has 8 nitrogen and oxygen atoms in total. The van der Waals surface area contributed by atoms with E-state index in [-0.39, 0.29) is 44.2 Å². The van der Waals surface area contributed by atoms with Crippen LogP contribution in [0.4, 0.5) is 0 Å². The number of carbonyl (C=O) groups is 4. The summed E-state index contributed by atoms with van der Waals surface area (Å²) in [7, 11) is 0.347. The Morgan fingerprint density at radius 2 is 0.844 bits per heavy atom. The van der Waals surface area contributed by atoms with Crippen LogP contribution in [0.25, 0.3) is 0 Å². The number of hydrogen-bond acceptors (Lipinski definition) is 8. The quantitative estimate of drug-likeness (QED) is 0.0768. The molecule has 0 aliphatic heterocycles. The van der Waals surface area contributed by atoms with Gasteiger partial charge in [-0.25, -0.2) is 0 Å². The molecule has 2 rings (SSSR count). The Hall–Kier alpha value is -1.92. The van der Waals surface area contributed by atoms with Crippen molar-refractivity contribution in [2.75, 3.05) is 28.4 Å². The van der Waals surface area contributed by atoms with Crippen LogP contribution in [0.2, 0.25) is 23.2 Å². The monoisotopic (exact) mass is 839 g/mol. The van der Waals surface area contributed by atoms with Crippen LogP contribution in [-0.2, 0) is 48.4 Å². The van der Waals surface area contributed by atoms with Gasteiger partial charge in [0.15, 0.2) is 11.6 Å². The zero-order valence-corrected chi connectivity index (χ0v) is 32.4. The molecule has 0 saturated carbocycles. The molecule has 0 heterocycles. The molecule has 11 heteroatoms. The molecule has 0 aromatic heterocycles. The van der Waals surface area contributed by atoms with Gasteiger partial charge in [-0.05, 0) is 24.9 Å². The number of hydrogen-bond donors (Lipinski definition) is 0. The minimum absolute atomic E-state index is 0. The zero-order chi connectivity index (χ0) is 33.2. The second-order valence-corrected chi connectivity index (χ2v) is 18.1. The molecule has 0 aliphatic rings. The van der Waals surface area contributed by atoms with Gasteiger partial charge in [0, 0.05) is 52.4 Å². The fraction of sp³-hybridized carbons (Fsp3) is 0.529. The van der Waals surface area contributed by atoms with E-state index in [2.05, 4.69) is 0 Å². The molecule has 0 amide bonds. The van der Waals surface area contributed by atoms with E-state index in [4.69, 9.17) is 17.7 Å². The molecule has 2 unspecified atom stereocenters. The Kier molecular flexibility index (Phi) is 21.6. The standard InChI is InChI=1S/2C17H26O4Si.Pt/c2*1-5-7-13-15(18)17(22(6-2,20-3)21-4)16(19)14-11-9-8-10-12-14;/h2*8-12,17H,5-7,13H2,1-4H3;/q;;+2. The number of ketones is 4. The number of carbonyl (C=O) groups excluding carboxylic acids is 4. The zero-order valence-electron chi connectivity index (χ0n) is 28.2. The first-order valence-corrected chi connectivity index (χ1v) is 19.8.